The van der Waals surface area contributed by atoms with Crippen LogP contribution in [0.5, 0.6) is 0 Å². The molecule has 1 aromatic rings. The minimum Gasteiger partial charge on any atom is -0.362 e. The average Bonchev–Trinajstić information content (AvgIpc) is 2.80. The zero-order chi connectivity index (χ0) is 12.1. The van der Waals surface area contributed by atoms with Gasteiger partial charge >= 0.3 is 0 Å². The number of hydrogen-bond donors (Lipinski definition) is 1. The molecule has 90 valence electrons. The van der Waals surface area contributed by atoms with Crippen LogP contribution in [0.2, 0.25) is 0 Å². The van der Waals surface area contributed by atoms with Crippen molar-refractivity contribution in [3.8, 4) is 0 Å². The summed E-state index contributed by atoms with van der Waals surface area (Å²) in [5.41, 5.74) is 1.10. The van der Waals surface area contributed by atoms with Crippen molar-refractivity contribution in [1.82, 2.24) is 5.32 Å². The van der Waals surface area contributed by atoms with E-state index in [9.17, 15) is 4.79 Å². The molecule has 1 heterocycles. The normalized spacial score (nSPS) is 23.0. The topological polar surface area (TPSA) is 41.5 Å². The Kier molecular flexibility index (Phi) is 3.91. The molecule has 0 saturated heterocycles. The number of benzene rings is 1. The molecular weight excluding hydrogens is 212 g/mol. The SMILES string of the molecule is CCCCC1=NC(c2ccccc2)C(C=O)N1. The van der Waals surface area contributed by atoms with Gasteiger partial charge in [-0.25, -0.2) is 0 Å². The molecule has 0 bridgehead atoms. The van der Waals surface area contributed by atoms with Crippen molar-refractivity contribution in [2.45, 2.75) is 38.3 Å². The highest BCUT2D eigenvalue weighted by Gasteiger charge is 2.28. The van der Waals surface area contributed by atoms with Crippen molar-refractivity contribution in [3.05, 3.63) is 35.9 Å². The lowest BCUT2D eigenvalue weighted by Gasteiger charge is -2.12. The second kappa shape index (κ2) is 5.62. The number of unbranched alkanes of at least 4 members (excludes halogenated alkanes) is 1. The van der Waals surface area contributed by atoms with Crippen LogP contribution in [0.25, 0.3) is 0 Å². The molecule has 17 heavy (non-hydrogen) atoms. The van der Waals surface area contributed by atoms with Crippen LogP contribution in [0, 0.1) is 0 Å². The summed E-state index contributed by atoms with van der Waals surface area (Å²) in [6.45, 7) is 2.15. The number of carbonyl (C=O) groups excluding carboxylic acids is 1. The number of aliphatic imine (C=N–C) groups is 1. The Morgan fingerprint density at radius 2 is 2.12 bits per heavy atom. The summed E-state index contributed by atoms with van der Waals surface area (Å²) in [4.78, 5) is 15.7. The van der Waals surface area contributed by atoms with Gasteiger partial charge < -0.3 is 10.1 Å². The molecule has 0 amide bonds. The van der Waals surface area contributed by atoms with E-state index in [1.54, 1.807) is 0 Å². The Morgan fingerprint density at radius 1 is 1.35 bits per heavy atom. The van der Waals surface area contributed by atoms with Gasteiger partial charge in [-0.2, -0.15) is 0 Å². The molecule has 0 fully saturated rings. The predicted octanol–water partition coefficient (Wildman–Crippen LogP) is 2.49. The van der Waals surface area contributed by atoms with E-state index in [2.05, 4.69) is 17.2 Å². The maximum atomic E-state index is 11.1. The molecular formula is C14H18N2O. The lowest BCUT2D eigenvalue weighted by Crippen LogP contribution is -2.32. The molecule has 0 aromatic heterocycles. The summed E-state index contributed by atoms with van der Waals surface area (Å²) in [6, 6.07) is 9.73. The highest BCUT2D eigenvalue weighted by atomic mass is 16.1. The van der Waals surface area contributed by atoms with Gasteiger partial charge in [0.15, 0.2) is 0 Å². The van der Waals surface area contributed by atoms with Gasteiger partial charge in [-0.3, -0.25) is 4.99 Å². The molecule has 0 aliphatic carbocycles. The van der Waals surface area contributed by atoms with Gasteiger partial charge in [0.2, 0.25) is 0 Å². The zero-order valence-electron chi connectivity index (χ0n) is 10.1. The van der Waals surface area contributed by atoms with E-state index in [0.717, 1.165) is 36.9 Å². The van der Waals surface area contributed by atoms with Crippen LogP contribution in [0.3, 0.4) is 0 Å². The third-order valence-electron chi connectivity index (χ3n) is 3.02. The largest absolute Gasteiger partial charge is 0.362 e. The Balaban J connectivity index is 2.14. The van der Waals surface area contributed by atoms with Gasteiger partial charge in [-0.05, 0) is 12.0 Å². The summed E-state index contributed by atoms with van der Waals surface area (Å²) < 4.78 is 0. The molecule has 1 N–H and O–H groups in total. The van der Waals surface area contributed by atoms with E-state index in [1.165, 1.54) is 0 Å². The fourth-order valence-electron chi connectivity index (χ4n) is 2.08. The van der Waals surface area contributed by atoms with Gasteiger partial charge in [0.1, 0.15) is 18.4 Å². The molecule has 1 aromatic carbocycles. The van der Waals surface area contributed by atoms with Crippen molar-refractivity contribution in [2.24, 2.45) is 4.99 Å². The van der Waals surface area contributed by atoms with E-state index < -0.39 is 0 Å². The van der Waals surface area contributed by atoms with E-state index in [-0.39, 0.29) is 12.1 Å². The lowest BCUT2D eigenvalue weighted by molar-refractivity contribution is -0.109. The quantitative estimate of drug-likeness (QED) is 0.789. The average molecular weight is 230 g/mol. The van der Waals surface area contributed by atoms with Crippen LogP contribution in [0.1, 0.15) is 37.8 Å². The van der Waals surface area contributed by atoms with Gasteiger partial charge in [-0.1, -0.05) is 43.7 Å². The molecule has 0 saturated carbocycles. The first kappa shape index (κ1) is 11.8. The molecule has 2 unspecified atom stereocenters. The molecule has 1 aliphatic rings. The van der Waals surface area contributed by atoms with E-state index in [1.807, 2.05) is 30.3 Å². The summed E-state index contributed by atoms with van der Waals surface area (Å²) >= 11 is 0. The number of hydrogen-bond acceptors (Lipinski definition) is 3. The zero-order valence-corrected chi connectivity index (χ0v) is 10.1. The van der Waals surface area contributed by atoms with Crippen LogP contribution < -0.4 is 5.32 Å². The van der Waals surface area contributed by atoms with Crippen LogP contribution >= 0.6 is 0 Å². The van der Waals surface area contributed by atoms with Crippen molar-refractivity contribution >= 4 is 12.1 Å². The predicted molar refractivity (Wildman–Crippen MR) is 69.1 cm³/mol. The number of aldehydes is 1. The van der Waals surface area contributed by atoms with E-state index >= 15 is 0 Å². The van der Waals surface area contributed by atoms with Gasteiger partial charge in [0.05, 0.1) is 5.84 Å². The first-order valence-electron chi connectivity index (χ1n) is 6.18. The van der Waals surface area contributed by atoms with Crippen LogP contribution in [0.4, 0.5) is 0 Å². The van der Waals surface area contributed by atoms with Gasteiger partial charge in [0.25, 0.3) is 0 Å². The minimum atomic E-state index is -0.204. The highest BCUT2D eigenvalue weighted by molar-refractivity contribution is 5.88. The minimum absolute atomic E-state index is 0.0550. The fraction of sp³-hybridized carbons (Fsp3) is 0.429. The van der Waals surface area contributed by atoms with Crippen LogP contribution in [0.15, 0.2) is 35.3 Å². The molecule has 3 nitrogen and oxygen atoms in total. The summed E-state index contributed by atoms with van der Waals surface area (Å²) in [7, 11) is 0. The third-order valence-corrected chi connectivity index (χ3v) is 3.02. The molecule has 2 rings (SSSR count). The number of nitrogens with zero attached hydrogens (tertiary/aromatic N) is 1. The number of nitrogens with one attached hydrogen (secondary N) is 1. The van der Waals surface area contributed by atoms with Crippen molar-refractivity contribution in [1.29, 1.82) is 0 Å². The Hall–Kier alpha value is -1.64. The Morgan fingerprint density at radius 3 is 2.76 bits per heavy atom. The van der Waals surface area contributed by atoms with E-state index in [0.29, 0.717) is 0 Å². The van der Waals surface area contributed by atoms with Crippen molar-refractivity contribution in [3.63, 3.8) is 0 Å². The molecule has 1 aliphatic heterocycles. The third kappa shape index (κ3) is 2.73. The second-order valence-electron chi connectivity index (χ2n) is 4.34. The Bertz CT molecular complexity index is 400. The maximum Gasteiger partial charge on any atom is 0.144 e. The Labute approximate surface area is 102 Å². The van der Waals surface area contributed by atoms with Gasteiger partial charge in [-0.15, -0.1) is 0 Å². The standard InChI is InChI=1S/C14H18N2O/c1-2-3-9-13-15-12(10-17)14(16-13)11-7-5-4-6-8-11/h4-8,10,12,14H,2-3,9H2,1H3,(H,15,16). The number of carbonyl (C=O) groups is 1. The molecule has 3 heteroatoms. The number of rotatable bonds is 5. The lowest BCUT2D eigenvalue weighted by atomic mass is 10.0. The summed E-state index contributed by atoms with van der Waals surface area (Å²) in [5, 5.41) is 3.21. The monoisotopic (exact) mass is 230 g/mol. The van der Waals surface area contributed by atoms with Crippen LogP contribution in [-0.4, -0.2) is 18.2 Å². The fourth-order valence-corrected chi connectivity index (χ4v) is 2.08. The number of amidine groups is 1. The second-order valence-corrected chi connectivity index (χ2v) is 4.34. The van der Waals surface area contributed by atoms with E-state index in [4.69, 9.17) is 0 Å². The smallest absolute Gasteiger partial charge is 0.144 e. The molecule has 2 atom stereocenters. The maximum absolute atomic E-state index is 11.1. The molecule has 0 radical (unpaired) electrons. The first-order chi connectivity index (χ1) is 8.35. The first-order valence-corrected chi connectivity index (χ1v) is 6.18. The van der Waals surface area contributed by atoms with Crippen molar-refractivity contribution < 1.29 is 4.79 Å². The summed E-state index contributed by atoms with van der Waals surface area (Å²) in [6.07, 6.45) is 4.14. The highest BCUT2D eigenvalue weighted by Crippen LogP contribution is 2.25. The van der Waals surface area contributed by atoms with Crippen LogP contribution in [-0.2, 0) is 4.79 Å². The van der Waals surface area contributed by atoms with Gasteiger partial charge in [0, 0.05) is 6.42 Å². The van der Waals surface area contributed by atoms with Crippen molar-refractivity contribution in [2.75, 3.05) is 0 Å². The summed E-state index contributed by atoms with van der Waals surface area (Å²) in [5.74, 6) is 0.970. The molecule has 0 spiro atoms.